The molecule has 1 aromatic carbocycles. The average Bonchev–Trinajstić information content (AvgIpc) is 2.40. The highest BCUT2D eigenvalue weighted by molar-refractivity contribution is 9.10. The Morgan fingerprint density at radius 2 is 2.10 bits per heavy atom. The lowest BCUT2D eigenvalue weighted by Crippen LogP contribution is -2.13. The second-order valence-electron chi connectivity index (χ2n) is 3.80. The summed E-state index contributed by atoms with van der Waals surface area (Å²) < 4.78 is 0.616. The van der Waals surface area contributed by atoms with E-state index in [0.717, 1.165) is 6.07 Å². The largest absolute Gasteiger partial charge is 0.508 e. The number of aromatic hydroxyl groups is 1. The van der Waals surface area contributed by atoms with E-state index in [1.165, 1.54) is 30.6 Å². The van der Waals surface area contributed by atoms with Crippen LogP contribution in [-0.2, 0) is 0 Å². The molecule has 7 nitrogen and oxygen atoms in total. The molecule has 8 heteroatoms. The Bertz CT molecular complexity index is 690. The van der Waals surface area contributed by atoms with Gasteiger partial charge in [0.25, 0.3) is 11.6 Å². The van der Waals surface area contributed by atoms with Gasteiger partial charge in [0, 0.05) is 16.9 Å². The van der Waals surface area contributed by atoms with E-state index in [9.17, 15) is 20.0 Å². The second-order valence-corrected chi connectivity index (χ2v) is 4.72. The fourth-order valence-electron chi connectivity index (χ4n) is 1.51. The number of pyridine rings is 1. The van der Waals surface area contributed by atoms with E-state index in [4.69, 9.17) is 0 Å². The Hall–Kier alpha value is -2.48. The number of amides is 1. The number of nitro benzene ring substituents is 1. The van der Waals surface area contributed by atoms with Crippen molar-refractivity contribution in [2.45, 2.75) is 0 Å². The Balaban J connectivity index is 2.30. The van der Waals surface area contributed by atoms with Crippen LogP contribution in [0.1, 0.15) is 10.4 Å². The fraction of sp³-hybridized carbons (Fsp3) is 0. The van der Waals surface area contributed by atoms with Crippen molar-refractivity contribution in [3.8, 4) is 5.75 Å². The smallest absolute Gasteiger partial charge is 0.296 e. The highest BCUT2D eigenvalue weighted by atomic mass is 79.9. The number of nitro groups is 1. The zero-order chi connectivity index (χ0) is 14.7. The van der Waals surface area contributed by atoms with E-state index >= 15 is 0 Å². The summed E-state index contributed by atoms with van der Waals surface area (Å²) in [5.74, 6) is -0.786. The molecule has 0 atom stereocenters. The lowest BCUT2D eigenvalue weighted by Gasteiger charge is -2.06. The molecule has 0 aliphatic heterocycles. The van der Waals surface area contributed by atoms with Crippen molar-refractivity contribution in [1.82, 2.24) is 4.98 Å². The number of aromatic nitrogens is 1. The zero-order valence-electron chi connectivity index (χ0n) is 9.91. The summed E-state index contributed by atoms with van der Waals surface area (Å²) in [6.07, 6.45) is 2.85. The highest BCUT2D eigenvalue weighted by Gasteiger charge is 2.17. The molecule has 0 saturated heterocycles. The summed E-state index contributed by atoms with van der Waals surface area (Å²) in [4.78, 5) is 26.0. The maximum Gasteiger partial charge on any atom is 0.296 e. The molecule has 0 bridgehead atoms. The second kappa shape index (κ2) is 5.66. The summed E-state index contributed by atoms with van der Waals surface area (Å²) in [6.45, 7) is 0. The molecule has 102 valence electrons. The van der Waals surface area contributed by atoms with Gasteiger partial charge < -0.3 is 10.4 Å². The number of carbonyl (C=O) groups is 1. The van der Waals surface area contributed by atoms with Gasteiger partial charge in [-0.3, -0.25) is 19.9 Å². The van der Waals surface area contributed by atoms with Crippen LogP contribution in [0.4, 0.5) is 11.4 Å². The molecule has 0 spiro atoms. The molecule has 0 aliphatic rings. The Morgan fingerprint density at radius 1 is 1.35 bits per heavy atom. The first-order chi connectivity index (χ1) is 9.47. The fourth-order valence-corrected chi connectivity index (χ4v) is 1.87. The van der Waals surface area contributed by atoms with Crippen molar-refractivity contribution in [2.75, 3.05) is 5.32 Å². The molecule has 0 fully saturated rings. The number of phenolic OH excluding ortho intramolecular Hbond substituents is 1. The van der Waals surface area contributed by atoms with Crippen molar-refractivity contribution < 1.29 is 14.8 Å². The maximum atomic E-state index is 12.0. The first-order valence-electron chi connectivity index (χ1n) is 5.36. The lowest BCUT2D eigenvalue weighted by atomic mass is 10.2. The normalized spacial score (nSPS) is 10.1. The molecule has 0 unspecified atom stereocenters. The van der Waals surface area contributed by atoms with E-state index < -0.39 is 10.8 Å². The zero-order valence-corrected chi connectivity index (χ0v) is 11.5. The third-order valence-electron chi connectivity index (χ3n) is 2.39. The summed E-state index contributed by atoms with van der Waals surface area (Å²) in [6, 6.07) is 5.02. The number of hydrogen-bond donors (Lipinski definition) is 2. The van der Waals surface area contributed by atoms with Crippen LogP contribution in [0.3, 0.4) is 0 Å². The minimum atomic E-state index is -0.686. The molecule has 1 amide bonds. The molecule has 1 aromatic heterocycles. The molecule has 2 N–H and O–H groups in total. The third-order valence-corrected chi connectivity index (χ3v) is 2.83. The number of anilines is 1. The SMILES string of the molecule is O=C(Nc1ccc(O)cc1[N+](=O)[O-])c1cncc(Br)c1. The number of nitrogens with one attached hydrogen (secondary N) is 1. The number of benzene rings is 1. The van der Waals surface area contributed by atoms with Gasteiger partial charge in [0.2, 0.25) is 0 Å². The lowest BCUT2D eigenvalue weighted by molar-refractivity contribution is -0.384. The van der Waals surface area contributed by atoms with Gasteiger partial charge in [-0.25, -0.2) is 0 Å². The van der Waals surface area contributed by atoms with Gasteiger partial charge in [0.1, 0.15) is 11.4 Å². The topological polar surface area (TPSA) is 105 Å². The van der Waals surface area contributed by atoms with Crippen LogP contribution < -0.4 is 5.32 Å². The summed E-state index contributed by atoms with van der Waals surface area (Å²) >= 11 is 3.18. The number of nitrogens with zero attached hydrogens (tertiary/aromatic N) is 2. The van der Waals surface area contributed by atoms with Crippen LogP contribution >= 0.6 is 15.9 Å². The van der Waals surface area contributed by atoms with Crippen molar-refractivity contribution >= 4 is 33.2 Å². The van der Waals surface area contributed by atoms with E-state index in [0.29, 0.717) is 4.47 Å². The van der Waals surface area contributed by atoms with Crippen LogP contribution in [0.2, 0.25) is 0 Å². The van der Waals surface area contributed by atoms with Crippen LogP contribution in [0.15, 0.2) is 41.1 Å². The van der Waals surface area contributed by atoms with Gasteiger partial charge in [-0.1, -0.05) is 0 Å². The Morgan fingerprint density at radius 3 is 2.75 bits per heavy atom. The van der Waals surface area contributed by atoms with Gasteiger partial charge in [-0.15, -0.1) is 0 Å². The van der Waals surface area contributed by atoms with Gasteiger partial charge in [-0.2, -0.15) is 0 Å². The third kappa shape index (κ3) is 3.09. The van der Waals surface area contributed by atoms with Crippen molar-refractivity contribution in [3.05, 3.63) is 56.8 Å². The average molecular weight is 338 g/mol. The van der Waals surface area contributed by atoms with Crippen molar-refractivity contribution in [2.24, 2.45) is 0 Å². The number of rotatable bonds is 3. The molecule has 0 saturated carbocycles. The van der Waals surface area contributed by atoms with E-state index in [1.807, 2.05) is 0 Å². The van der Waals surface area contributed by atoms with E-state index in [-0.39, 0.29) is 22.7 Å². The summed E-state index contributed by atoms with van der Waals surface area (Å²) in [5, 5.41) is 22.5. The van der Waals surface area contributed by atoms with Crippen LogP contribution in [0.5, 0.6) is 5.75 Å². The first kappa shape index (κ1) is 13.9. The van der Waals surface area contributed by atoms with Gasteiger partial charge in [0.15, 0.2) is 0 Å². The van der Waals surface area contributed by atoms with Crippen molar-refractivity contribution in [3.63, 3.8) is 0 Å². The molecule has 2 rings (SSSR count). The molecule has 0 radical (unpaired) electrons. The number of hydrogen-bond acceptors (Lipinski definition) is 5. The number of carbonyl (C=O) groups excluding carboxylic acids is 1. The van der Waals surface area contributed by atoms with E-state index in [1.54, 1.807) is 0 Å². The van der Waals surface area contributed by atoms with Crippen LogP contribution in [0, 0.1) is 10.1 Å². The van der Waals surface area contributed by atoms with Crippen molar-refractivity contribution in [1.29, 1.82) is 0 Å². The molecule has 20 heavy (non-hydrogen) atoms. The standard InChI is InChI=1S/C12H8BrN3O4/c13-8-3-7(5-14-6-8)12(18)15-10-2-1-9(17)4-11(10)16(19)20/h1-6,17H,(H,15,18). The Kier molecular flexibility index (Phi) is 3.94. The van der Waals surface area contributed by atoms with Gasteiger partial charge in [0.05, 0.1) is 16.6 Å². The molecule has 1 heterocycles. The molecule has 0 aliphatic carbocycles. The van der Waals surface area contributed by atoms with E-state index in [2.05, 4.69) is 26.2 Å². The molecular weight excluding hydrogens is 330 g/mol. The molecular formula is C12H8BrN3O4. The van der Waals surface area contributed by atoms with Crippen LogP contribution in [0.25, 0.3) is 0 Å². The van der Waals surface area contributed by atoms with Gasteiger partial charge >= 0.3 is 0 Å². The quantitative estimate of drug-likeness (QED) is 0.508. The van der Waals surface area contributed by atoms with Gasteiger partial charge in [-0.05, 0) is 34.1 Å². The minimum Gasteiger partial charge on any atom is -0.508 e. The molecule has 2 aromatic rings. The summed E-state index contributed by atoms with van der Waals surface area (Å²) in [5.41, 5.74) is -0.138. The number of halogens is 1. The number of phenols is 1. The highest BCUT2D eigenvalue weighted by Crippen LogP contribution is 2.28. The minimum absolute atomic E-state index is 0.00206. The Labute approximate surface area is 121 Å². The predicted octanol–water partition coefficient (Wildman–Crippen LogP) is 2.71. The predicted molar refractivity (Wildman–Crippen MR) is 74.7 cm³/mol. The first-order valence-corrected chi connectivity index (χ1v) is 6.16. The monoisotopic (exact) mass is 337 g/mol. The van der Waals surface area contributed by atoms with Crippen LogP contribution in [-0.4, -0.2) is 20.9 Å². The summed E-state index contributed by atoms with van der Waals surface area (Å²) in [7, 11) is 0. The maximum absolute atomic E-state index is 12.0.